The van der Waals surface area contributed by atoms with Crippen molar-refractivity contribution in [3.63, 3.8) is 0 Å². The Labute approximate surface area is 113 Å². The normalized spacial score (nSPS) is 10.2. The van der Waals surface area contributed by atoms with Crippen molar-refractivity contribution >= 4 is 5.91 Å². The Morgan fingerprint density at radius 1 is 1.47 bits per heavy atom. The van der Waals surface area contributed by atoms with Crippen molar-refractivity contribution < 1.29 is 4.79 Å². The van der Waals surface area contributed by atoms with Gasteiger partial charge in [-0.3, -0.25) is 9.48 Å². The lowest BCUT2D eigenvalue weighted by Crippen LogP contribution is -2.34. The maximum atomic E-state index is 11.3. The molecule has 104 valence electrons. The molecule has 0 aliphatic heterocycles. The highest BCUT2D eigenvalue weighted by atomic mass is 16.1. The van der Waals surface area contributed by atoms with E-state index in [4.69, 9.17) is 5.26 Å². The monoisotopic (exact) mass is 263 g/mol. The summed E-state index contributed by atoms with van der Waals surface area (Å²) in [6.45, 7) is 6.35. The predicted octanol–water partition coefficient (Wildman–Crippen LogP) is 0.510. The number of carbonyl (C=O) groups is 1. The molecular weight excluding hydrogens is 242 g/mol. The second-order valence-corrected chi connectivity index (χ2v) is 4.44. The van der Waals surface area contributed by atoms with Crippen LogP contribution in [-0.2, 0) is 11.3 Å². The number of nitrogens with one attached hydrogen (secondary N) is 2. The summed E-state index contributed by atoms with van der Waals surface area (Å²) in [6, 6.07) is 4.03. The van der Waals surface area contributed by atoms with E-state index in [0.717, 1.165) is 30.9 Å². The van der Waals surface area contributed by atoms with Crippen molar-refractivity contribution in [3.8, 4) is 6.07 Å². The Morgan fingerprint density at radius 3 is 2.89 bits per heavy atom. The SMILES string of the molecule is Cc1cc(C)n(CCCNCC(=O)NCCC#N)n1. The zero-order chi connectivity index (χ0) is 14.1. The number of hydrogen-bond donors (Lipinski definition) is 2. The molecule has 0 bridgehead atoms. The maximum absolute atomic E-state index is 11.3. The van der Waals surface area contributed by atoms with Gasteiger partial charge in [0.25, 0.3) is 0 Å². The summed E-state index contributed by atoms with van der Waals surface area (Å²) in [5.41, 5.74) is 2.19. The van der Waals surface area contributed by atoms with E-state index < -0.39 is 0 Å². The molecule has 1 amide bonds. The molecule has 1 aromatic heterocycles. The summed E-state index contributed by atoms with van der Waals surface area (Å²) >= 11 is 0. The highest BCUT2D eigenvalue weighted by Gasteiger charge is 2.01. The summed E-state index contributed by atoms with van der Waals surface area (Å²) in [4.78, 5) is 11.3. The van der Waals surface area contributed by atoms with Crippen LogP contribution in [0, 0.1) is 25.2 Å². The minimum Gasteiger partial charge on any atom is -0.354 e. The third kappa shape index (κ3) is 6.02. The molecule has 0 saturated heterocycles. The molecule has 0 spiro atoms. The fourth-order valence-corrected chi connectivity index (χ4v) is 1.78. The topological polar surface area (TPSA) is 82.7 Å². The fourth-order valence-electron chi connectivity index (χ4n) is 1.78. The predicted molar refractivity (Wildman–Crippen MR) is 72.4 cm³/mol. The smallest absolute Gasteiger partial charge is 0.233 e. The van der Waals surface area contributed by atoms with Crippen molar-refractivity contribution in [2.24, 2.45) is 0 Å². The molecule has 0 aliphatic carbocycles. The summed E-state index contributed by atoms with van der Waals surface area (Å²) in [7, 11) is 0. The molecule has 6 nitrogen and oxygen atoms in total. The van der Waals surface area contributed by atoms with Crippen LogP contribution in [-0.4, -0.2) is 35.3 Å². The van der Waals surface area contributed by atoms with Crippen LogP contribution in [0.5, 0.6) is 0 Å². The number of aromatic nitrogens is 2. The molecule has 0 aromatic carbocycles. The summed E-state index contributed by atoms with van der Waals surface area (Å²) in [5, 5.41) is 18.4. The van der Waals surface area contributed by atoms with E-state index >= 15 is 0 Å². The average Bonchev–Trinajstić information content (AvgIpc) is 2.68. The van der Waals surface area contributed by atoms with Crippen LogP contribution < -0.4 is 10.6 Å². The van der Waals surface area contributed by atoms with Gasteiger partial charge >= 0.3 is 0 Å². The number of aryl methyl sites for hydroxylation is 3. The minimum absolute atomic E-state index is 0.0682. The lowest BCUT2D eigenvalue weighted by molar-refractivity contribution is -0.120. The van der Waals surface area contributed by atoms with Gasteiger partial charge in [-0.25, -0.2) is 0 Å². The first kappa shape index (κ1) is 15.2. The fraction of sp³-hybridized carbons (Fsp3) is 0.615. The minimum atomic E-state index is -0.0682. The van der Waals surface area contributed by atoms with E-state index in [1.807, 2.05) is 24.6 Å². The zero-order valence-electron chi connectivity index (χ0n) is 11.6. The third-order valence-corrected chi connectivity index (χ3v) is 2.67. The quantitative estimate of drug-likeness (QED) is 0.669. The molecular formula is C13H21N5O. The van der Waals surface area contributed by atoms with Crippen molar-refractivity contribution in [2.75, 3.05) is 19.6 Å². The number of hydrogen-bond acceptors (Lipinski definition) is 4. The van der Waals surface area contributed by atoms with Gasteiger partial charge in [-0.15, -0.1) is 0 Å². The van der Waals surface area contributed by atoms with Gasteiger partial charge in [-0.2, -0.15) is 10.4 Å². The van der Waals surface area contributed by atoms with Gasteiger partial charge in [-0.05, 0) is 32.9 Å². The first-order valence-corrected chi connectivity index (χ1v) is 6.49. The standard InChI is InChI=1S/C13H21N5O/c1-11-9-12(2)18(17-11)8-4-6-15-10-13(19)16-7-3-5-14/h9,15H,3-4,6-8,10H2,1-2H3,(H,16,19). The van der Waals surface area contributed by atoms with Crippen molar-refractivity contribution in [1.29, 1.82) is 5.26 Å². The van der Waals surface area contributed by atoms with Gasteiger partial charge < -0.3 is 10.6 Å². The van der Waals surface area contributed by atoms with Gasteiger partial charge in [0.2, 0.25) is 5.91 Å². The van der Waals surface area contributed by atoms with E-state index in [0.29, 0.717) is 19.5 Å². The second-order valence-electron chi connectivity index (χ2n) is 4.44. The molecule has 0 atom stereocenters. The van der Waals surface area contributed by atoms with Crippen LogP contribution >= 0.6 is 0 Å². The molecule has 0 aliphatic rings. The van der Waals surface area contributed by atoms with E-state index in [-0.39, 0.29) is 5.91 Å². The summed E-state index contributed by atoms with van der Waals surface area (Å²) in [5.74, 6) is -0.0682. The number of carbonyl (C=O) groups excluding carboxylic acids is 1. The van der Waals surface area contributed by atoms with Crippen molar-refractivity contribution in [1.82, 2.24) is 20.4 Å². The molecule has 2 N–H and O–H groups in total. The molecule has 19 heavy (non-hydrogen) atoms. The Hall–Kier alpha value is -1.87. The van der Waals surface area contributed by atoms with E-state index in [2.05, 4.69) is 21.8 Å². The molecule has 6 heteroatoms. The third-order valence-electron chi connectivity index (χ3n) is 2.67. The van der Waals surface area contributed by atoms with Crippen LogP contribution in [0.15, 0.2) is 6.07 Å². The molecule has 0 fully saturated rings. The highest BCUT2D eigenvalue weighted by Crippen LogP contribution is 2.01. The van der Waals surface area contributed by atoms with Gasteiger partial charge in [0.15, 0.2) is 0 Å². The Morgan fingerprint density at radius 2 is 2.26 bits per heavy atom. The number of rotatable bonds is 8. The molecule has 1 heterocycles. The molecule has 1 aromatic rings. The highest BCUT2D eigenvalue weighted by molar-refractivity contribution is 5.77. The Bertz CT molecular complexity index is 446. The van der Waals surface area contributed by atoms with Crippen LogP contribution in [0.4, 0.5) is 0 Å². The zero-order valence-corrected chi connectivity index (χ0v) is 11.6. The summed E-state index contributed by atoms with van der Waals surface area (Å²) < 4.78 is 1.98. The van der Waals surface area contributed by atoms with Crippen molar-refractivity contribution in [3.05, 3.63) is 17.5 Å². The molecule has 0 unspecified atom stereocenters. The maximum Gasteiger partial charge on any atom is 0.233 e. The first-order valence-electron chi connectivity index (χ1n) is 6.49. The molecule has 0 radical (unpaired) electrons. The largest absolute Gasteiger partial charge is 0.354 e. The Balaban J connectivity index is 2.07. The van der Waals surface area contributed by atoms with Gasteiger partial charge in [0.1, 0.15) is 0 Å². The van der Waals surface area contributed by atoms with E-state index in [9.17, 15) is 4.79 Å². The van der Waals surface area contributed by atoms with Crippen LogP contribution in [0.25, 0.3) is 0 Å². The lowest BCUT2D eigenvalue weighted by Gasteiger charge is -2.06. The average molecular weight is 263 g/mol. The second kappa shape index (κ2) is 8.27. The molecule has 1 rings (SSSR count). The van der Waals surface area contributed by atoms with Crippen molar-refractivity contribution in [2.45, 2.75) is 33.2 Å². The van der Waals surface area contributed by atoms with Gasteiger partial charge in [0.05, 0.1) is 24.7 Å². The van der Waals surface area contributed by atoms with E-state index in [1.54, 1.807) is 0 Å². The Kier molecular flexibility index (Phi) is 6.61. The van der Waals surface area contributed by atoms with Crippen LogP contribution in [0.1, 0.15) is 24.2 Å². The number of nitrogens with zero attached hydrogens (tertiary/aromatic N) is 3. The first-order chi connectivity index (χ1) is 9.13. The number of amides is 1. The van der Waals surface area contributed by atoms with E-state index in [1.165, 1.54) is 0 Å². The van der Waals surface area contributed by atoms with Crippen LogP contribution in [0.2, 0.25) is 0 Å². The van der Waals surface area contributed by atoms with Gasteiger partial charge in [-0.1, -0.05) is 0 Å². The van der Waals surface area contributed by atoms with Gasteiger partial charge in [0, 0.05) is 18.8 Å². The lowest BCUT2D eigenvalue weighted by atomic mass is 10.4. The summed E-state index contributed by atoms with van der Waals surface area (Å²) in [6.07, 6.45) is 1.27. The van der Waals surface area contributed by atoms with Crippen LogP contribution in [0.3, 0.4) is 0 Å². The number of nitriles is 1. The molecule has 0 saturated carbocycles.